The molecule has 0 unspecified atom stereocenters. The van der Waals surface area contributed by atoms with Gasteiger partial charge in [0.2, 0.25) is 5.91 Å². The van der Waals surface area contributed by atoms with Gasteiger partial charge < -0.3 is 5.32 Å². The molecule has 0 saturated heterocycles. The van der Waals surface area contributed by atoms with Crippen molar-refractivity contribution in [3.05, 3.63) is 83.9 Å². The van der Waals surface area contributed by atoms with E-state index in [2.05, 4.69) is 41.1 Å². The van der Waals surface area contributed by atoms with E-state index in [1.807, 2.05) is 24.3 Å². The van der Waals surface area contributed by atoms with Crippen LogP contribution in [0.1, 0.15) is 22.8 Å². The van der Waals surface area contributed by atoms with Crippen molar-refractivity contribution >= 4 is 40.2 Å². The quantitative estimate of drug-likeness (QED) is 0.344. The molecular weight excluding hydrogens is 394 g/mol. The standard InChI is InChI=1S/C24H21N3O2S/c1-16-7-13-20(14-8-16)27-22-6-4-3-5-21(22)26-24(27)30-15-23(29)25-19-11-9-18(10-12-19)17(2)28/h3-14H,15H2,1-2H3,(H,25,29). The number of imidazole rings is 1. The maximum absolute atomic E-state index is 12.5. The largest absolute Gasteiger partial charge is 0.325 e. The number of hydrogen-bond acceptors (Lipinski definition) is 4. The Morgan fingerprint density at radius 1 is 0.967 bits per heavy atom. The van der Waals surface area contributed by atoms with Gasteiger partial charge in [-0.15, -0.1) is 0 Å². The lowest BCUT2D eigenvalue weighted by Gasteiger charge is -2.10. The van der Waals surface area contributed by atoms with Crippen LogP contribution in [-0.4, -0.2) is 27.0 Å². The van der Waals surface area contributed by atoms with E-state index in [4.69, 9.17) is 4.98 Å². The van der Waals surface area contributed by atoms with Crippen LogP contribution in [0, 0.1) is 6.92 Å². The number of aryl methyl sites for hydroxylation is 1. The minimum Gasteiger partial charge on any atom is -0.325 e. The maximum Gasteiger partial charge on any atom is 0.234 e. The smallest absolute Gasteiger partial charge is 0.234 e. The Bertz CT molecular complexity index is 1210. The lowest BCUT2D eigenvalue weighted by atomic mass is 10.1. The molecule has 6 heteroatoms. The molecule has 4 aromatic rings. The Labute approximate surface area is 179 Å². The summed E-state index contributed by atoms with van der Waals surface area (Å²) in [6.45, 7) is 3.57. The fraction of sp³-hybridized carbons (Fsp3) is 0.125. The number of nitrogens with zero attached hydrogens (tertiary/aromatic N) is 2. The lowest BCUT2D eigenvalue weighted by molar-refractivity contribution is -0.113. The van der Waals surface area contributed by atoms with Gasteiger partial charge in [-0.05, 0) is 62.4 Å². The van der Waals surface area contributed by atoms with E-state index in [0.717, 1.165) is 21.9 Å². The van der Waals surface area contributed by atoms with Crippen LogP contribution in [0.5, 0.6) is 0 Å². The summed E-state index contributed by atoms with van der Waals surface area (Å²) in [5, 5.41) is 3.64. The zero-order valence-corrected chi connectivity index (χ0v) is 17.6. The van der Waals surface area contributed by atoms with Crippen LogP contribution in [-0.2, 0) is 4.79 Å². The highest BCUT2D eigenvalue weighted by molar-refractivity contribution is 7.99. The molecule has 1 N–H and O–H groups in total. The van der Waals surface area contributed by atoms with Crippen LogP contribution in [0.25, 0.3) is 16.7 Å². The number of ketones is 1. The number of carbonyl (C=O) groups is 2. The van der Waals surface area contributed by atoms with E-state index in [-0.39, 0.29) is 17.4 Å². The highest BCUT2D eigenvalue weighted by Crippen LogP contribution is 2.28. The summed E-state index contributed by atoms with van der Waals surface area (Å²) in [7, 11) is 0. The van der Waals surface area contributed by atoms with Gasteiger partial charge in [0.05, 0.1) is 16.8 Å². The molecule has 0 saturated carbocycles. The lowest BCUT2D eigenvalue weighted by Crippen LogP contribution is -2.14. The molecule has 0 fully saturated rings. The first kappa shape index (κ1) is 19.9. The van der Waals surface area contributed by atoms with E-state index in [9.17, 15) is 9.59 Å². The number of aromatic nitrogens is 2. The Kier molecular flexibility index (Phi) is 5.68. The van der Waals surface area contributed by atoms with E-state index >= 15 is 0 Å². The Balaban J connectivity index is 1.53. The summed E-state index contributed by atoms with van der Waals surface area (Å²) in [5.74, 6) is 0.0976. The molecule has 1 heterocycles. The van der Waals surface area contributed by atoms with Crippen molar-refractivity contribution in [3.8, 4) is 5.69 Å². The van der Waals surface area contributed by atoms with Crippen LogP contribution in [0.15, 0.2) is 78.0 Å². The number of Topliss-reactive ketones (excluding diaryl/α,β-unsaturated/α-hetero) is 1. The number of carbonyl (C=O) groups excluding carboxylic acids is 2. The van der Waals surface area contributed by atoms with E-state index in [1.54, 1.807) is 24.3 Å². The third-order valence-corrected chi connectivity index (χ3v) is 5.67. The number of thioether (sulfide) groups is 1. The molecule has 0 aliphatic carbocycles. The summed E-state index contributed by atoms with van der Waals surface area (Å²) < 4.78 is 2.08. The van der Waals surface area contributed by atoms with Crippen molar-refractivity contribution in [1.82, 2.24) is 9.55 Å². The van der Waals surface area contributed by atoms with E-state index < -0.39 is 0 Å². The normalized spacial score (nSPS) is 10.9. The van der Waals surface area contributed by atoms with E-state index in [1.165, 1.54) is 24.2 Å². The van der Waals surface area contributed by atoms with Crippen LogP contribution in [0.3, 0.4) is 0 Å². The monoisotopic (exact) mass is 415 g/mol. The predicted molar refractivity (Wildman–Crippen MR) is 122 cm³/mol. The Hall–Kier alpha value is -3.38. The summed E-state index contributed by atoms with van der Waals surface area (Å²) in [5.41, 5.74) is 5.38. The number of anilines is 1. The van der Waals surface area contributed by atoms with Gasteiger partial charge >= 0.3 is 0 Å². The second-order valence-electron chi connectivity index (χ2n) is 7.02. The number of fused-ring (bicyclic) bond motifs is 1. The molecule has 0 atom stereocenters. The molecule has 0 aliphatic heterocycles. The Morgan fingerprint density at radius 2 is 1.67 bits per heavy atom. The van der Waals surface area contributed by atoms with Crippen molar-refractivity contribution in [2.75, 3.05) is 11.1 Å². The zero-order valence-electron chi connectivity index (χ0n) is 16.8. The van der Waals surface area contributed by atoms with Gasteiger partial charge in [-0.2, -0.15) is 0 Å². The fourth-order valence-corrected chi connectivity index (χ4v) is 3.99. The van der Waals surface area contributed by atoms with Gasteiger partial charge in [0.15, 0.2) is 10.9 Å². The van der Waals surface area contributed by atoms with Crippen LogP contribution in [0.4, 0.5) is 5.69 Å². The van der Waals surface area contributed by atoms with Crippen LogP contribution in [0.2, 0.25) is 0 Å². The number of para-hydroxylation sites is 2. The fourth-order valence-electron chi connectivity index (χ4n) is 3.16. The predicted octanol–water partition coefficient (Wildman–Crippen LogP) is 5.27. The molecule has 1 aromatic heterocycles. The topological polar surface area (TPSA) is 64.0 Å². The van der Waals surface area contributed by atoms with Crippen molar-refractivity contribution in [2.24, 2.45) is 0 Å². The summed E-state index contributed by atoms with van der Waals surface area (Å²) in [6.07, 6.45) is 0. The molecule has 1 amide bonds. The maximum atomic E-state index is 12.5. The molecule has 150 valence electrons. The number of hydrogen-bond donors (Lipinski definition) is 1. The third-order valence-electron chi connectivity index (χ3n) is 4.73. The number of benzene rings is 3. The third kappa shape index (κ3) is 4.28. The minimum atomic E-state index is -0.127. The van der Waals surface area contributed by atoms with Crippen LogP contribution >= 0.6 is 11.8 Å². The molecule has 0 aliphatic rings. The first-order valence-electron chi connectivity index (χ1n) is 9.59. The van der Waals surface area contributed by atoms with Gasteiger partial charge in [-0.25, -0.2) is 4.98 Å². The zero-order chi connectivity index (χ0) is 21.1. The van der Waals surface area contributed by atoms with Crippen molar-refractivity contribution < 1.29 is 9.59 Å². The van der Waals surface area contributed by atoms with Crippen molar-refractivity contribution in [2.45, 2.75) is 19.0 Å². The highest BCUT2D eigenvalue weighted by Gasteiger charge is 2.14. The first-order valence-corrected chi connectivity index (χ1v) is 10.6. The average molecular weight is 416 g/mol. The number of rotatable bonds is 6. The van der Waals surface area contributed by atoms with Crippen molar-refractivity contribution in [3.63, 3.8) is 0 Å². The summed E-state index contributed by atoms with van der Waals surface area (Å²) in [6, 6.07) is 23.1. The second-order valence-corrected chi connectivity index (χ2v) is 7.97. The molecule has 30 heavy (non-hydrogen) atoms. The molecule has 0 radical (unpaired) electrons. The van der Waals surface area contributed by atoms with Gasteiger partial charge in [0.1, 0.15) is 0 Å². The summed E-state index contributed by atoms with van der Waals surface area (Å²) >= 11 is 1.39. The number of amides is 1. The highest BCUT2D eigenvalue weighted by atomic mass is 32.2. The molecule has 4 rings (SSSR count). The number of nitrogens with one attached hydrogen (secondary N) is 1. The minimum absolute atomic E-state index is 0.00144. The molecule has 0 spiro atoms. The van der Waals surface area contributed by atoms with Gasteiger partial charge in [-0.1, -0.05) is 41.6 Å². The molecule has 0 bridgehead atoms. The molecule has 3 aromatic carbocycles. The summed E-state index contributed by atoms with van der Waals surface area (Å²) in [4.78, 5) is 28.6. The van der Waals surface area contributed by atoms with Crippen LogP contribution < -0.4 is 5.32 Å². The van der Waals surface area contributed by atoms with Gasteiger partial charge in [-0.3, -0.25) is 14.2 Å². The Morgan fingerprint density at radius 3 is 2.37 bits per heavy atom. The van der Waals surface area contributed by atoms with Gasteiger partial charge in [0, 0.05) is 16.9 Å². The second kappa shape index (κ2) is 8.55. The average Bonchev–Trinajstić information content (AvgIpc) is 3.12. The SMILES string of the molecule is CC(=O)c1ccc(NC(=O)CSc2nc3ccccc3n2-c2ccc(C)cc2)cc1. The van der Waals surface area contributed by atoms with E-state index in [0.29, 0.717) is 11.3 Å². The van der Waals surface area contributed by atoms with Gasteiger partial charge in [0.25, 0.3) is 0 Å². The first-order chi connectivity index (χ1) is 14.5. The van der Waals surface area contributed by atoms with Crippen molar-refractivity contribution in [1.29, 1.82) is 0 Å². The molecule has 5 nitrogen and oxygen atoms in total. The molecular formula is C24H21N3O2S.